The molecule has 0 aliphatic rings. The fourth-order valence-corrected chi connectivity index (χ4v) is 3.61. The van der Waals surface area contributed by atoms with Crippen LogP contribution in [0, 0.1) is 5.82 Å². The number of amides is 1. The Kier molecular flexibility index (Phi) is 6.11. The molecule has 0 unspecified atom stereocenters. The summed E-state index contributed by atoms with van der Waals surface area (Å²) in [6.45, 7) is 0.373. The molecule has 0 saturated heterocycles. The van der Waals surface area contributed by atoms with Crippen LogP contribution >= 0.6 is 27.7 Å². The van der Waals surface area contributed by atoms with E-state index >= 15 is 0 Å². The van der Waals surface area contributed by atoms with Crippen molar-refractivity contribution in [2.75, 3.05) is 12.8 Å². The molecule has 0 radical (unpaired) electrons. The molecule has 26 heavy (non-hydrogen) atoms. The zero-order valence-corrected chi connectivity index (χ0v) is 16.5. The summed E-state index contributed by atoms with van der Waals surface area (Å²) < 4.78 is 16.2. The molecule has 4 nitrogen and oxygen atoms in total. The monoisotopic (exact) mass is 433 g/mol. The molecule has 3 aromatic rings. The van der Waals surface area contributed by atoms with Crippen molar-refractivity contribution in [3.63, 3.8) is 0 Å². The van der Waals surface area contributed by atoms with Crippen LogP contribution in [0.3, 0.4) is 0 Å². The molecule has 1 heterocycles. The van der Waals surface area contributed by atoms with E-state index in [9.17, 15) is 9.18 Å². The number of nitrogens with zero attached hydrogens (tertiary/aromatic N) is 3. The lowest BCUT2D eigenvalue weighted by Gasteiger charge is -2.17. The molecule has 1 aromatic heterocycles. The lowest BCUT2D eigenvalue weighted by atomic mass is 10.2. The lowest BCUT2D eigenvalue weighted by molar-refractivity contribution is -0.127. The largest absolute Gasteiger partial charge is 0.341 e. The third-order valence-electron chi connectivity index (χ3n) is 3.77. The fourth-order valence-electron chi connectivity index (χ4n) is 2.43. The molecule has 0 aliphatic carbocycles. The van der Waals surface area contributed by atoms with E-state index in [-0.39, 0.29) is 17.5 Å². The highest BCUT2D eigenvalue weighted by atomic mass is 79.9. The smallest absolute Gasteiger partial charge is 0.233 e. The van der Waals surface area contributed by atoms with Crippen molar-refractivity contribution in [1.29, 1.82) is 0 Å². The number of imidazole rings is 1. The van der Waals surface area contributed by atoms with Crippen molar-refractivity contribution in [2.45, 2.75) is 11.7 Å². The van der Waals surface area contributed by atoms with Gasteiger partial charge in [-0.15, -0.1) is 0 Å². The molecule has 134 valence electrons. The predicted molar refractivity (Wildman–Crippen MR) is 105 cm³/mol. The molecule has 2 aromatic carbocycles. The topological polar surface area (TPSA) is 38.1 Å². The first kappa shape index (κ1) is 18.7. The van der Waals surface area contributed by atoms with Crippen LogP contribution in [0.1, 0.15) is 5.56 Å². The second kappa shape index (κ2) is 8.51. The molecule has 0 aliphatic heterocycles. The summed E-state index contributed by atoms with van der Waals surface area (Å²) in [7, 11) is 1.72. The summed E-state index contributed by atoms with van der Waals surface area (Å²) in [6.07, 6.45) is 3.58. The van der Waals surface area contributed by atoms with Gasteiger partial charge in [-0.05, 0) is 42.0 Å². The number of halogens is 2. The van der Waals surface area contributed by atoms with E-state index in [1.165, 1.54) is 23.9 Å². The van der Waals surface area contributed by atoms with Crippen LogP contribution in [0.15, 0.2) is 70.6 Å². The third-order valence-corrected chi connectivity index (χ3v) is 5.25. The number of aromatic nitrogens is 2. The summed E-state index contributed by atoms with van der Waals surface area (Å²) >= 11 is 4.80. The molecule has 1 amide bonds. The summed E-state index contributed by atoms with van der Waals surface area (Å²) in [4.78, 5) is 18.3. The van der Waals surface area contributed by atoms with Gasteiger partial charge in [0, 0.05) is 36.1 Å². The van der Waals surface area contributed by atoms with Gasteiger partial charge in [0.05, 0.1) is 5.75 Å². The summed E-state index contributed by atoms with van der Waals surface area (Å²) in [5.41, 5.74) is 1.75. The molecule has 3 rings (SSSR count). The SMILES string of the molecule is CN(Cc1cccc(F)c1)C(=O)CSc1nccn1-c1ccc(Br)cc1. The minimum Gasteiger partial charge on any atom is -0.341 e. The summed E-state index contributed by atoms with van der Waals surface area (Å²) in [5.74, 6) is -0.0711. The van der Waals surface area contributed by atoms with Crippen molar-refractivity contribution in [2.24, 2.45) is 0 Å². The number of carbonyl (C=O) groups is 1. The van der Waals surface area contributed by atoms with Gasteiger partial charge >= 0.3 is 0 Å². The average molecular weight is 434 g/mol. The minimum atomic E-state index is -0.297. The molecule has 7 heteroatoms. The second-order valence-electron chi connectivity index (χ2n) is 5.72. The number of hydrogen-bond donors (Lipinski definition) is 0. The van der Waals surface area contributed by atoms with Crippen molar-refractivity contribution in [3.8, 4) is 5.69 Å². The van der Waals surface area contributed by atoms with Crippen LogP contribution in [0.4, 0.5) is 4.39 Å². The minimum absolute atomic E-state index is 0.0374. The van der Waals surface area contributed by atoms with E-state index in [1.54, 1.807) is 30.3 Å². The summed E-state index contributed by atoms with van der Waals surface area (Å²) in [6, 6.07) is 14.2. The zero-order chi connectivity index (χ0) is 18.5. The highest BCUT2D eigenvalue weighted by Crippen LogP contribution is 2.22. The number of thioether (sulfide) groups is 1. The number of rotatable bonds is 6. The van der Waals surface area contributed by atoms with E-state index in [1.807, 2.05) is 35.0 Å². The third kappa shape index (κ3) is 4.74. The van der Waals surface area contributed by atoms with Gasteiger partial charge in [-0.1, -0.05) is 39.8 Å². The predicted octanol–water partition coefficient (Wildman–Crippen LogP) is 4.52. The maximum atomic E-state index is 13.3. The summed E-state index contributed by atoms with van der Waals surface area (Å²) in [5, 5.41) is 0.750. The number of carbonyl (C=O) groups excluding carboxylic acids is 1. The first-order valence-corrected chi connectivity index (χ1v) is 9.71. The van der Waals surface area contributed by atoms with Gasteiger partial charge in [-0.25, -0.2) is 9.37 Å². The Morgan fingerprint density at radius 3 is 2.77 bits per heavy atom. The maximum absolute atomic E-state index is 13.3. The molecule has 0 bridgehead atoms. The molecule has 0 saturated carbocycles. The number of benzene rings is 2. The van der Waals surface area contributed by atoms with Gasteiger partial charge in [0.2, 0.25) is 5.91 Å². The normalized spacial score (nSPS) is 10.7. The van der Waals surface area contributed by atoms with Crippen molar-refractivity contribution in [3.05, 3.63) is 76.8 Å². The van der Waals surface area contributed by atoms with Gasteiger partial charge in [0.25, 0.3) is 0 Å². The van der Waals surface area contributed by atoms with Crippen LogP contribution in [0.2, 0.25) is 0 Å². The van der Waals surface area contributed by atoms with Crippen LogP contribution in [-0.2, 0) is 11.3 Å². The van der Waals surface area contributed by atoms with Crippen molar-refractivity contribution >= 4 is 33.6 Å². The van der Waals surface area contributed by atoms with Crippen molar-refractivity contribution < 1.29 is 9.18 Å². The Hall–Kier alpha value is -2.12. The first-order valence-electron chi connectivity index (χ1n) is 7.93. The van der Waals surface area contributed by atoms with Crippen LogP contribution in [0.25, 0.3) is 5.69 Å². The van der Waals surface area contributed by atoms with E-state index in [0.717, 1.165) is 20.9 Å². The van der Waals surface area contributed by atoms with Gasteiger partial charge < -0.3 is 4.90 Å². The molecule has 0 fully saturated rings. The van der Waals surface area contributed by atoms with Gasteiger partial charge in [-0.3, -0.25) is 9.36 Å². The van der Waals surface area contributed by atoms with E-state index in [4.69, 9.17) is 0 Å². The fraction of sp³-hybridized carbons (Fsp3) is 0.158. The number of hydrogen-bond acceptors (Lipinski definition) is 3. The highest BCUT2D eigenvalue weighted by Gasteiger charge is 2.13. The highest BCUT2D eigenvalue weighted by molar-refractivity contribution is 9.10. The average Bonchev–Trinajstić information content (AvgIpc) is 3.09. The lowest BCUT2D eigenvalue weighted by Crippen LogP contribution is -2.27. The van der Waals surface area contributed by atoms with Crippen molar-refractivity contribution in [1.82, 2.24) is 14.5 Å². The van der Waals surface area contributed by atoms with Crippen LogP contribution in [0.5, 0.6) is 0 Å². The molecule has 0 N–H and O–H groups in total. The Labute approximate surface area is 164 Å². The van der Waals surface area contributed by atoms with Crippen LogP contribution < -0.4 is 0 Å². The Bertz CT molecular complexity index is 898. The first-order chi connectivity index (χ1) is 12.5. The van der Waals surface area contributed by atoms with E-state index in [2.05, 4.69) is 20.9 Å². The quantitative estimate of drug-likeness (QED) is 0.536. The van der Waals surface area contributed by atoms with E-state index in [0.29, 0.717) is 6.54 Å². The molecular formula is C19H17BrFN3OS. The molecule has 0 spiro atoms. The standard InChI is InChI=1S/C19H17BrFN3OS/c1-23(12-14-3-2-4-16(21)11-14)18(25)13-26-19-22-9-10-24(19)17-7-5-15(20)6-8-17/h2-11H,12-13H2,1H3. The van der Waals surface area contributed by atoms with Gasteiger partial charge in [0.1, 0.15) is 5.82 Å². The Morgan fingerprint density at radius 1 is 1.27 bits per heavy atom. The van der Waals surface area contributed by atoms with Crippen LogP contribution in [-0.4, -0.2) is 33.2 Å². The van der Waals surface area contributed by atoms with E-state index < -0.39 is 0 Å². The molecular weight excluding hydrogens is 417 g/mol. The Morgan fingerprint density at radius 2 is 2.04 bits per heavy atom. The van der Waals surface area contributed by atoms with Gasteiger partial charge in [-0.2, -0.15) is 0 Å². The second-order valence-corrected chi connectivity index (χ2v) is 7.58. The van der Waals surface area contributed by atoms with Gasteiger partial charge in [0.15, 0.2) is 5.16 Å². The Balaban J connectivity index is 1.61. The molecule has 0 atom stereocenters. The zero-order valence-electron chi connectivity index (χ0n) is 14.1. The maximum Gasteiger partial charge on any atom is 0.233 e.